The molecule has 0 aliphatic carbocycles. The number of rotatable bonds is 8. The van der Waals surface area contributed by atoms with E-state index < -0.39 is 0 Å². The van der Waals surface area contributed by atoms with E-state index in [1.54, 1.807) is 0 Å². The van der Waals surface area contributed by atoms with Crippen LogP contribution in [0.4, 0.5) is 0 Å². The fraction of sp³-hybridized carbons (Fsp3) is 0.560. The summed E-state index contributed by atoms with van der Waals surface area (Å²) in [6.07, 6.45) is 4.96. The summed E-state index contributed by atoms with van der Waals surface area (Å²) in [6, 6.07) is 8.26. The van der Waals surface area contributed by atoms with Gasteiger partial charge in [-0.25, -0.2) is 4.68 Å². The summed E-state index contributed by atoms with van der Waals surface area (Å²) in [4.78, 5) is 27.9. The molecular formula is C25H35N3O3. The number of hydrogen-bond acceptors (Lipinski definition) is 4. The fourth-order valence-electron chi connectivity index (χ4n) is 4.30. The number of piperidine rings is 1. The van der Waals surface area contributed by atoms with Crippen LogP contribution in [0.15, 0.2) is 24.3 Å². The first kappa shape index (κ1) is 23.0. The predicted molar refractivity (Wildman–Crippen MR) is 122 cm³/mol. The van der Waals surface area contributed by atoms with Gasteiger partial charge in [-0.3, -0.25) is 9.59 Å². The Labute approximate surface area is 185 Å². The minimum Gasteiger partial charge on any atom is -0.466 e. The third-order valence-electron chi connectivity index (χ3n) is 5.85. The second-order valence-electron chi connectivity index (χ2n) is 8.36. The van der Waals surface area contributed by atoms with Crippen LogP contribution < -0.4 is 0 Å². The van der Waals surface area contributed by atoms with E-state index in [4.69, 9.17) is 9.84 Å². The van der Waals surface area contributed by atoms with E-state index in [0.717, 1.165) is 61.2 Å². The van der Waals surface area contributed by atoms with E-state index in [2.05, 4.69) is 45.0 Å². The largest absolute Gasteiger partial charge is 0.466 e. The number of benzene rings is 1. The van der Waals surface area contributed by atoms with Gasteiger partial charge in [-0.1, -0.05) is 44.4 Å². The highest BCUT2D eigenvalue weighted by atomic mass is 16.5. The Balaban J connectivity index is 1.98. The molecule has 3 rings (SSSR count). The maximum absolute atomic E-state index is 13.7. The van der Waals surface area contributed by atoms with Gasteiger partial charge < -0.3 is 9.64 Å². The lowest BCUT2D eigenvalue weighted by molar-refractivity contribution is -0.149. The minimum absolute atomic E-state index is 0.000685. The number of ether oxygens (including phenoxy) is 1. The number of aryl methyl sites for hydroxylation is 2. The lowest BCUT2D eigenvalue weighted by atomic mass is 9.96. The standard InChI is InChI=1S/C25H35N3O3/c1-5-9-21-23(24(29)27-16-8-11-19(17-27)25(30)31-7-3)22(10-6-2)28(26-21)20-14-12-18(4)13-15-20/h12-15,19H,5-11,16-17H2,1-4H3/t19-/m0/s1. The number of aromatic nitrogens is 2. The summed E-state index contributed by atoms with van der Waals surface area (Å²) < 4.78 is 7.17. The van der Waals surface area contributed by atoms with Crippen molar-refractivity contribution in [2.24, 2.45) is 5.92 Å². The van der Waals surface area contributed by atoms with Gasteiger partial charge in [0.15, 0.2) is 0 Å². The van der Waals surface area contributed by atoms with Crippen molar-refractivity contribution in [3.05, 3.63) is 46.8 Å². The van der Waals surface area contributed by atoms with Gasteiger partial charge in [-0.05, 0) is 51.7 Å². The maximum Gasteiger partial charge on any atom is 0.310 e. The Morgan fingerprint density at radius 1 is 1.10 bits per heavy atom. The molecule has 2 aromatic rings. The van der Waals surface area contributed by atoms with Crippen LogP contribution in [0, 0.1) is 12.8 Å². The molecule has 6 heteroatoms. The predicted octanol–water partition coefficient (Wildman–Crippen LogP) is 4.50. The van der Waals surface area contributed by atoms with Crippen LogP contribution in [-0.2, 0) is 22.4 Å². The van der Waals surface area contributed by atoms with Gasteiger partial charge in [0.25, 0.3) is 5.91 Å². The van der Waals surface area contributed by atoms with Crippen molar-refractivity contribution in [2.75, 3.05) is 19.7 Å². The summed E-state index contributed by atoms with van der Waals surface area (Å²) in [5, 5.41) is 4.90. The topological polar surface area (TPSA) is 64.4 Å². The molecule has 0 radical (unpaired) electrons. The fourth-order valence-corrected chi connectivity index (χ4v) is 4.30. The molecule has 0 bridgehead atoms. The Kier molecular flexibility index (Phi) is 7.88. The molecule has 0 N–H and O–H groups in total. The summed E-state index contributed by atoms with van der Waals surface area (Å²) in [6.45, 7) is 9.57. The van der Waals surface area contributed by atoms with Crippen LogP contribution in [0.3, 0.4) is 0 Å². The van der Waals surface area contributed by atoms with E-state index >= 15 is 0 Å². The molecule has 31 heavy (non-hydrogen) atoms. The zero-order valence-corrected chi connectivity index (χ0v) is 19.3. The molecule has 0 spiro atoms. The zero-order chi connectivity index (χ0) is 22.4. The van der Waals surface area contributed by atoms with Crippen LogP contribution in [0.2, 0.25) is 0 Å². The number of likely N-dealkylation sites (tertiary alicyclic amines) is 1. The molecule has 1 saturated heterocycles. The number of amides is 1. The van der Waals surface area contributed by atoms with E-state index in [0.29, 0.717) is 19.7 Å². The molecule has 1 fully saturated rings. The highest BCUT2D eigenvalue weighted by molar-refractivity contribution is 5.97. The number of esters is 1. The molecule has 1 atom stereocenters. The zero-order valence-electron chi connectivity index (χ0n) is 19.3. The average Bonchev–Trinajstić information content (AvgIpc) is 3.12. The smallest absolute Gasteiger partial charge is 0.310 e. The summed E-state index contributed by atoms with van der Waals surface area (Å²) in [7, 11) is 0. The van der Waals surface area contributed by atoms with E-state index in [9.17, 15) is 9.59 Å². The molecule has 1 amide bonds. The molecule has 168 valence electrons. The number of nitrogens with zero attached hydrogens (tertiary/aromatic N) is 3. The van der Waals surface area contributed by atoms with Gasteiger partial charge >= 0.3 is 5.97 Å². The van der Waals surface area contributed by atoms with Crippen molar-refractivity contribution in [1.29, 1.82) is 0 Å². The molecule has 1 aromatic heterocycles. The molecule has 2 heterocycles. The molecule has 1 aliphatic heterocycles. The second-order valence-corrected chi connectivity index (χ2v) is 8.36. The van der Waals surface area contributed by atoms with Gasteiger partial charge in [0, 0.05) is 13.1 Å². The van der Waals surface area contributed by atoms with Crippen LogP contribution in [-0.4, -0.2) is 46.3 Å². The van der Waals surface area contributed by atoms with Crippen LogP contribution in [0.25, 0.3) is 5.69 Å². The highest BCUT2D eigenvalue weighted by Crippen LogP contribution is 2.26. The lowest BCUT2D eigenvalue weighted by Crippen LogP contribution is -2.43. The Morgan fingerprint density at radius 3 is 2.45 bits per heavy atom. The van der Waals surface area contributed by atoms with Crippen molar-refractivity contribution in [3.63, 3.8) is 0 Å². The SMILES string of the molecule is CCCc1nn(-c2ccc(C)cc2)c(CCC)c1C(=O)N1CCC[C@H](C(=O)OCC)C1. The molecule has 1 aliphatic rings. The quantitative estimate of drug-likeness (QED) is 0.584. The first-order valence-electron chi connectivity index (χ1n) is 11.6. The number of carbonyl (C=O) groups excluding carboxylic acids is 2. The van der Waals surface area contributed by atoms with E-state index in [1.807, 2.05) is 16.5 Å². The maximum atomic E-state index is 13.7. The molecular weight excluding hydrogens is 390 g/mol. The Morgan fingerprint density at radius 2 is 1.81 bits per heavy atom. The van der Waals surface area contributed by atoms with E-state index in [1.165, 1.54) is 5.56 Å². The molecule has 1 aromatic carbocycles. The minimum atomic E-state index is -0.242. The second kappa shape index (κ2) is 10.6. The van der Waals surface area contributed by atoms with Gasteiger partial charge in [-0.15, -0.1) is 0 Å². The summed E-state index contributed by atoms with van der Waals surface area (Å²) in [5.74, 6) is -0.439. The van der Waals surface area contributed by atoms with Crippen LogP contribution >= 0.6 is 0 Å². The number of carbonyl (C=O) groups is 2. The average molecular weight is 426 g/mol. The van der Waals surface area contributed by atoms with Gasteiger partial charge in [0.05, 0.1) is 35.2 Å². The Bertz CT molecular complexity index is 901. The van der Waals surface area contributed by atoms with Crippen molar-refractivity contribution < 1.29 is 14.3 Å². The lowest BCUT2D eigenvalue weighted by Gasteiger charge is -2.31. The molecule has 0 saturated carbocycles. The van der Waals surface area contributed by atoms with Crippen molar-refractivity contribution in [2.45, 2.75) is 66.2 Å². The third-order valence-corrected chi connectivity index (χ3v) is 5.85. The van der Waals surface area contributed by atoms with Crippen molar-refractivity contribution in [3.8, 4) is 5.69 Å². The van der Waals surface area contributed by atoms with Crippen molar-refractivity contribution >= 4 is 11.9 Å². The molecule has 0 unspecified atom stereocenters. The summed E-state index contributed by atoms with van der Waals surface area (Å²) >= 11 is 0. The van der Waals surface area contributed by atoms with Crippen LogP contribution in [0.5, 0.6) is 0 Å². The van der Waals surface area contributed by atoms with Gasteiger partial charge in [0.2, 0.25) is 0 Å². The summed E-state index contributed by atoms with van der Waals surface area (Å²) in [5.41, 5.74) is 4.73. The first-order valence-corrected chi connectivity index (χ1v) is 11.6. The van der Waals surface area contributed by atoms with Crippen molar-refractivity contribution in [1.82, 2.24) is 14.7 Å². The van der Waals surface area contributed by atoms with Gasteiger partial charge in [-0.2, -0.15) is 5.10 Å². The third kappa shape index (κ3) is 5.17. The first-order chi connectivity index (χ1) is 15.0. The highest BCUT2D eigenvalue weighted by Gasteiger charge is 2.33. The Hall–Kier alpha value is -2.63. The monoisotopic (exact) mass is 425 g/mol. The van der Waals surface area contributed by atoms with E-state index in [-0.39, 0.29) is 17.8 Å². The normalized spacial score (nSPS) is 16.4. The van der Waals surface area contributed by atoms with Crippen LogP contribution in [0.1, 0.15) is 73.8 Å². The number of hydrogen-bond donors (Lipinski definition) is 0. The van der Waals surface area contributed by atoms with Gasteiger partial charge in [0.1, 0.15) is 0 Å². The molecule has 6 nitrogen and oxygen atoms in total.